The minimum absolute atomic E-state index is 0.0456. The molecule has 0 aliphatic carbocycles. The number of rotatable bonds is 3. The number of hydrogen-bond donors (Lipinski definition) is 2. The van der Waals surface area contributed by atoms with E-state index in [4.69, 9.17) is 11.6 Å². The third-order valence-electron chi connectivity index (χ3n) is 2.74. The van der Waals surface area contributed by atoms with Crippen molar-refractivity contribution in [1.82, 2.24) is 10.2 Å². The van der Waals surface area contributed by atoms with Gasteiger partial charge in [-0.25, -0.2) is 4.79 Å². The first-order chi connectivity index (χ1) is 8.45. The Bertz CT molecular complexity index is 465. The average molecular weight is 291 g/mol. The van der Waals surface area contributed by atoms with Crippen LogP contribution in [0.25, 0.3) is 0 Å². The highest BCUT2D eigenvalue weighted by Gasteiger charge is 2.48. The van der Waals surface area contributed by atoms with Crippen LogP contribution in [0.4, 0.5) is 0 Å². The number of fused-ring (bicyclic) bond motifs is 1. The van der Waals surface area contributed by atoms with E-state index in [9.17, 15) is 19.5 Å². The quantitative estimate of drug-likeness (QED) is 0.578. The zero-order valence-electron chi connectivity index (χ0n) is 9.47. The summed E-state index contributed by atoms with van der Waals surface area (Å²) in [6.45, 7) is 1.35. The third-order valence-corrected chi connectivity index (χ3v) is 4.40. The van der Waals surface area contributed by atoms with Gasteiger partial charge in [0.05, 0.1) is 11.8 Å². The Morgan fingerprint density at radius 3 is 2.72 bits per heavy atom. The third kappa shape index (κ3) is 2.08. The number of aliphatic carboxylic acids is 1. The predicted octanol–water partition coefficient (Wildman–Crippen LogP) is 0.331. The molecule has 2 aliphatic heterocycles. The van der Waals surface area contributed by atoms with E-state index in [1.807, 2.05) is 0 Å². The van der Waals surface area contributed by atoms with Crippen molar-refractivity contribution in [3.63, 3.8) is 0 Å². The molecule has 2 aliphatic rings. The van der Waals surface area contributed by atoms with Crippen LogP contribution in [0.2, 0.25) is 0 Å². The molecule has 1 unspecified atom stereocenters. The Hall–Kier alpha value is -1.21. The molecule has 0 aromatic heterocycles. The van der Waals surface area contributed by atoms with Gasteiger partial charge >= 0.3 is 5.97 Å². The smallest absolute Gasteiger partial charge is 0.352 e. The normalized spacial score (nSPS) is 26.6. The molecule has 6 nitrogen and oxygen atoms in total. The minimum atomic E-state index is -1.20. The van der Waals surface area contributed by atoms with E-state index in [-0.39, 0.29) is 35.2 Å². The standard InChI is InChI=1S/C10H11ClN2O4S/c1-4(14)12-9-5(3-11)8(10(16)17)13-6(15)2-7(13)18-9/h7,9H,2-3H2,1H3,(H,12,14)(H,16,17)/t7-,9?/m1/s1. The van der Waals surface area contributed by atoms with Crippen molar-refractivity contribution < 1.29 is 19.5 Å². The number of nitrogens with one attached hydrogen (secondary N) is 1. The van der Waals surface area contributed by atoms with Gasteiger partial charge in [0.2, 0.25) is 11.8 Å². The zero-order valence-corrected chi connectivity index (χ0v) is 11.0. The van der Waals surface area contributed by atoms with Gasteiger partial charge in [0.1, 0.15) is 11.1 Å². The maximum absolute atomic E-state index is 11.5. The molecular weight excluding hydrogens is 280 g/mol. The highest BCUT2D eigenvalue weighted by molar-refractivity contribution is 8.00. The van der Waals surface area contributed by atoms with Crippen molar-refractivity contribution in [2.75, 3.05) is 5.88 Å². The fraction of sp³-hybridized carbons (Fsp3) is 0.500. The number of thioether (sulfide) groups is 1. The Kier molecular flexibility index (Phi) is 3.54. The first-order valence-corrected chi connectivity index (χ1v) is 6.70. The largest absolute Gasteiger partial charge is 0.477 e. The van der Waals surface area contributed by atoms with Gasteiger partial charge in [-0.05, 0) is 0 Å². The number of carboxylic acid groups (broad SMARTS) is 1. The lowest BCUT2D eigenvalue weighted by atomic mass is 10.1. The van der Waals surface area contributed by atoms with E-state index in [1.165, 1.54) is 23.6 Å². The summed E-state index contributed by atoms with van der Waals surface area (Å²) in [5.74, 6) is -1.73. The topological polar surface area (TPSA) is 86.7 Å². The summed E-state index contributed by atoms with van der Waals surface area (Å²) < 4.78 is 0. The maximum atomic E-state index is 11.5. The molecule has 0 aromatic carbocycles. The minimum Gasteiger partial charge on any atom is -0.477 e. The lowest BCUT2D eigenvalue weighted by Gasteiger charge is -2.46. The van der Waals surface area contributed by atoms with Crippen molar-refractivity contribution in [3.05, 3.63) is 11.3 Å². The molecular formula is C10H11ClN2O4S. The van der Waals surface area contributed by atoms with E-state index in [1.54, 1.807) is 0 Å². The number of amides is 2. The molecule has 2 atom stereocenters. The first-order valence-electron chi connectivity index (χ1n) is 5.22. The van der Waals surface area contributed by atoms with E-state index < -0.39 is 11.3 Å². The fourth-order valence-corrected chi connectivity index (χ4v) is 3.83. The second-order valence-corrected chi connectivity index (χ2v) is 5.51. The number of hydrogen-bond acceptors (Lipinski definition) is 4. The van der Waals surface area contributed by atoms with Crippen molar-refractivity contribution >= 4 is 41.1 Å². The average Bonchev–Trinajstić information content (AvgIpc) is 2.26. The van der Waals surface area contributed by atoms with Crippen LogP contribution < -0.4 is 5.32 Å². The van der Waals surface area contributed by atoms with Crippen LogP contribution >= 0.6 is 23.4 Å². The molecule has 2 rings (SSSR count). The van der Waals surface area contributed by atoms with Crippen LogP contribution in [-0.2, 0) is 14.4 Å². The lowest BCUT2D eigenvalue weighted by Crippen LogP contribution is -2.57. The number of β-lactam (4-membered cyclic amide) rings is 1. The predicted molar refractivity (Wildman–Crippen MR) is 65.8 cm³/mol. The Balaban J connectivity index is 2.40. The second kappa shape index (κ2) is 4.81. The molecule has 2 heterocycles. The summed E-state index contributed by atoms with van der Waals surface area (Å²) in [4.78, 5) is 35.1. The molecule has 18 heavy (non-hydrogen) atoms. The van der Waals surface area contributed by atoms with Gasteiger partial charge in [-0.3, -0.25) is 14.5 Å². The monoisotopic (exact) mass is 290 g/mol. The SMILES string of the molecule is CC(=O)NC1S[C@@H]2CC(=O)N2C(C(=O)O)=C1CCl. The van der Waals surface area contributed by atoms with E-state index in [2.05, 4.69) is 5.32 Å². The summed E-state index contributed by atoms with van der Waals surface area (Å²) in [6.07, 6.45) is 0.285. The van der Waals surface area contributed by atoms with Crippen LogP contribution in [0.1, 0.15) is 13.3 Å². The molecule has 0 spiro atoms. The molecule has 0 bridgehead atoms. The van der Waals surface area contributed by atoms with Crippen LogP contribution in [-0.4, -0.2) is 44.4 Å². The number of halogens is 1. The highest BCUT2D eigenvalue weighted by Crippen LogP contribution is 2.43. The van der Waals surface area contributed by atoms with Crippen LogP contribution in [0, 0.1) is 0 Å². The summed E-state index contributed by atoms with van der Waals surface area (Å²) in [5, 5.41) is 11.1. The van der Waals surface area contributed by atoms with Crippen LogP contribution in [0.5, 0.6) is 0 Å². The van der Waals surface area contributed by atoms with Gasteiger partial charge in [-0.1, -0.05) is 0 Å². The van der Waals surface area contributed by atoms with Crippen molar-refractivity contribution in [1.29, 1.82) is 0 Å². The number of alkyl halides is 1. The summed E-state index contributed by atoms with van der Waals surface area (Å²) in [7, 11) is 0. The summed E-state index contributed by atoms with van der Waals surface area (Å²) in [6, 6.07) is 0. The summed E-state index contributed by atoms with van der Waals surface area (Å²) in [5.41, 5.74) is 0.261. The molecule has 2 N–H and O–H groups in total. The molecule has 8 heteroatoms. The van der Waals surface area contributed by atoms with Crippen LogP contribution in [0.15, 0.2) is 11.3 Å². The number of carbonyl (C=O) groups excluding carboxylic acids is 2. The molecule has 98 valence electrons. The van der Waals surface area contributed by atoms with Gasteiger partial charge in [0.25, 0.3) is 0 Å². The Morgan fingerprint density at radius 2 is 2.28 bits per heavy atom. The second-order valence-electron chi connectivity index (χ2n) is 3.95. The van der Waals surface area contributed by atoms with Crippen LogP contribution in [0.3, 0.4) is 0 Å². The Morgan fingerprint density at radius 1 is 1.61 bits per heavy atom. The number of carbonyl (C=O) groups is 3. The van der Waals surface area contributed by atoms with Gasteiger partial charge in [-0.15, -0.1) is 23.4 Å². The lowest BCUT2D eigenvalue weighted by molar-refractivity contribution is -0.146. The molecule has 1 fully saturated rings. The molecule has 0 radical (unpaired) electrons. The first kappa shape index (κ1) is 13.2. The number of carboxylic acids is 1. The van der Waals surface area contributed by atoms with E-state index in [0.717, 1.165) is 0 Å². The van der Waals surface area contributed by atoms with Gasteiger partial charge in [0, 0.05) is 18.4 Å². The summed E-state index contributed by atoms with van der Waals surface area (Å²) >= 11 is 7.09. The Labute approximate surface area is 112 Å². The van der Waals surface area contributed by atoms with Gasteiger partial charge in [0.15, 0.2) is 0 Å². The fourth-order valence-electron chi connectivity index (χ4n) is 1.96. The molecule has 2 amide bonds. The van der Waals surface area contributed by atoms with E-state index in [0.29, 0.717) is 5.57 Å². The van der Waals surface area contributed by atoms with Gasteiger partial charge < -0.3 is 10.4 Å². The number of nitrogens with zero attached hydrogens (tertiary/aromatic N) is 1. The van der Waals surface area contributed by atoms with Crippen molar-refractivity contribution in [3.8, 4) is 0 Å². The molecule has 0 aromatic rings. The van der Waals surface area contributed by atoms with E-state index >= 15 is 0 Å². The highest BCUT2D eigenvalue weighted by atomic mass is 35.5. The van der Waals surface area contributed by atoms with Crippen molar-refractivity contribution in [2.24, 2.45) is 0 Å². The molecule has 1 saturated heterocycles. The van der Waals surface area contributed by atoms with Gasteiger partial charge in [-0.2, -0.15) is 0 Å². The maximum Gasteiger partial charge on any atom is 0.352 e. The van der Waals surface area contributed by atoms with Crippen molar-refractivity contribution in [2.45, 2.75) is 24.1 Å². The zero-order chi connectivity index (χ0) is 13.4. The molecule has 0 saturated carbocycles.